The molecular formula is C13H11BrFNO. The molecule has 2 aromatic rings. The van der Waals surface area contributed by atoms with Gasteiger partial charge in [0.2, 0.25) is 0 Å². The first kappa shape index (κ1) is 12.0. The van der Waals surface area contributed by atoms with Crippen LogP contribution < -0.4 is 4.74 Å². The van der Waals surface area contributed by atoms with Gasteiger partial charge in [-0.05, 0) is 59.3 Å². The van der Waals surface area contributed by atoms with E-state index in [1.54, 1.807) is 18.3 Å². The fourth-order valence-corrected chi connectivity index (χ4v) is 1.64. The van der Waals surface area contributed by atoms with Crippen molar-refractivity contribution < 1.29 is 9.13 Å². The van der Waals surface area contributed by atoms with Crippen LogP contribution in [0.4, 0.5) is 4.39 Å². The summed E-state index contributed by atoms with van der Waals surface area (Å²) in [6.07, 6.45) is 1.55. The van der Waals surface area contributed by atoms with Gasteiger partial charge in [-0.15, -0.1) is 0 Å². The van der Waals surface area contributed by atoms with Gasteiger partial charge < -0.3 is 4.74 Å². The Balaban J connectivity index is 2.08. The summed E-state index contributed by atoms with van der Waals surface area (Å²) in [5, 5.41) is 0. The van der Waals surface area contributed by atoms with Gasteiger partial charge in [0.05, 0.1) is 5.69 Å². The summed E-state index contributed by atoms with van der Waals surface area (Å²) < 4.78 is 19.3. The van der Waals surface area contributed by atoms with E-state index in [-0.39, 0.29) is 11.9 Å². The van der Waals surface area contributed by atoms with E-state index in [2.05, 4.69) is 20.9 Å². The Morgan fingerprint density at radius 2 is 1.88 bits per heavy atom. The average Bonchev–Trinajstić information content (AvgIpc) is 2.33. The van der Waals surface area contributed by atoms with Crippen LogP contribution in [0.1, 0.15) is 18.7 Å². The van der Waals surface area contributed by atoms with Crippen LogP contribution >= 0.6 is 15.9 Å². The molecule has 0 aliphatic carbocycles. The maximum atomic E-state index is 12.7. The summed E-state index contributed by atoms with van der Waals surface area (Å²) in [4.78, 5) is 4.25. The minimum atomic E-state index is -0.272. The monoisotopic (exact) mass is 295 g/mol. The Kier molecular flexibility index (Phi) is 3.74. The first-order valence-corrected chi connectivity index (χ1v) is 5.98. The molecule has 1 atom stereocenters. The molecule has 1 aromatic heterocycles. The van der Waals surface area contributed by atoms with Gasteiger partial charge in [0.15, 0.2) is 0 Å². The standard InChI is InChI=1S/C13H11BrFNO/c1-9(13-7-2-10(14)8-16-13)17-12-5-3-11(15)4-6-12/h2-9H,1H3. The van der Waals surface area contributed by atoms with E-state index in [0.717, 1.165) is 10.2 Å². The van der Waals surface area contributed by atoms with E-state index < -0.39 is 0 Å². The first-order chi connectivity index (χ1) is 8.15. The van der Waals surface area contributed by atoms with Crippen LogP contribution in [0, 0.1) is 5.82 Å². The van der Waals surface area contributed by atoms with Crippen molar-refractivity contribution in [3.05, 3.63) is 58.6 Å². The lowest BCUT2D eigenvalue weighted by Gasteiger charge is -2.14. The van der Waals surface area contributed by atoms with Gasteiger partial charge in [-0.3, -0.25) is 4.98 Å². The summed E-state index contributed by atoms with van der Waals surface area (Å²) in [5.41, 5.74) is 0.831. The molecule has 1 unspecified atom stereocenters. The van der Waals surface area contributed by atoms with Crippen molar-refractivity contribution >= 4 is 15.9 Å². The molecule has 2 rings (SSSR count). The molecule has 0 fully saturated rings. The molecule has 0 amide bonds. The predicted octanol–water partition coefficient (Wildman–Crippen LogP) is 4.12. The minimum Gasteiger partial charge on any atom is -0.484 e. The van der Waals surface area contributed by atoms with Gasteiger partial charge in [-0.2, -0.15) is 0 Å². The smallest absolute Gasteiger partial charge is 0.138 e. The van der Waals surface area contributed by atoms with Crippen molar-refractivity contribution in [1.82, 2.24) is 4.98 Å². The van der Waals surface area contributed by atoms with Crippen LogP contribution in [-0.4, -0.2) is 4.98 Å². The van der Waals surface area contributed by atoms with E-state index in [1.807, 2.05) is 19.1 Å². The number of nitrogens with zero attached hydrogens (tertiary/aromatic N) is 1. The lowest BCUT2D eigenvalue weighted by Crippen LogP contribution is -2.04. The van der Waals surface area contributed by atoms with Crippen molar-refractivity contribution in [2.45, 2.75) is 13.0 Å². The highest BCUT2D eigenvalue weighted by Crippen LogP contribution is 2.21. The van der Waals surface area contributed by atoms with Crippen LogP contribution in [0.25, 0.3) is 0 Å². The highest BCUT2D eigenvalue weighted by atomic mass is 79.9. The number of hydrogen-bond acceptors (Lipinski definition) is 2. The molecule has 1 aromatic carbocycles. The van der Waals surface area contributed by atoms with Crippen molar-refractivity contribution in [1.29, 1.82) is 0 Å². The topological polar surface area (TPSA) is 22.1 Å². The number of rotatable bonds is 3. The molecule has 17 heavy (non-hydrogen) atoms. The van der Waals surface area contributed by atoms with Crippen LogP contribution in [0.3, 0.4) is 0 Å². The third-order valence-electron chi connectivity index (χ3n) is 2.29. The highest BCUT2D eigenvalue weighted by Gasteiger charge is 2.08. The summed E-state index contributed by atoms with van der Waals surface area (Å²) >= 11 is 3.32. The molecule has 1 heterocycles. The molecule has 2 nitrogen and oxygen atoms in total. The van der Waals surface area contributed by atoms with Crippen LogP contribution in [0.2, 0.25) is 0 Å². The summed E-state index contributed by atoms with van der Waals surface area (Å²) in [6.45, 7) is 1.90. The Labute approximate surface area is 108 Å². The highest BCUT2D eigenvalue weighted by molar-refractivity contribution is 9.10. The molecule has 0 bridgehead atoms. The quantitative estimate of drug-likeness (QED) is 0.850. The van der Waals surface area contributed by atoms with Crippen LogP contribution in [0.15, 0.2) is 47.1 Å². The zero-order chi connectivity index (χ0) is 12.3. The fraction of sp³-hybridized carbons (Fsp3) is 0.154. The number of benzene rings is 1. The van der Waals surface area contributed by atoms with Gasteiger partial charge in [-0.1, -0.05) is 0 Å². The average molecular weight is 296 g/mol. The zero-order valence-corrected chi connectivity index (χ0v) is 10.8. The van der Waals surface area contributed by atoms with Gasteiger partial charge in [0.1, 0.15) is 17.7 Å². The summed E-state index contributed by atoms with van der Waals surface area (Å²) in [5.74, 6) is 0.357. The molecule has 0 saturated carbocycles. The predicted molar refractivity (Wildman–Crippen MR) is 67.4 cm³/mol. The number of hydrogen-bond donors (Lipinski definition) is 0. The van der Waals surface area contributed by atoms with Crippen molar-refractivity contribution in [3.63, 3.8) is 0 Å². The maximum absolute atomic E-state index is 12.7. The Bertz CT molecular complexity index is 484. The Morgan fingerprint density at radius 3 is 2.47 bits per heavy atom. The maximum Gasteiger partial charge on any atom is 0.138 e. The normalized spacial score (nSPS) is 12.2. The third-order valence-corrected chi connectivity index (χ3v) is 2.76. The second-order valence-corrected chi connectivity index (χ2v) is 4.53. The number of ether oxygens (including phenoxy) is 1. The molecule has 0 radical (unpaired) electrons. The largest absolute Gasteiger partial charge is 0.484 e. The molecule has 88 valence electrons. The number of aromatic nitrogens is 1. The van der Waals surface area contributed by atoms with Crippen LogP contribution in [0.5, 0.6) is 5.75 Å². The number of pyridine rings is 1. The lowest BCUT2D eigenvalue weighted by molar-refractivity contribution is 0.221. The lowest BCUT2D eigenvalue weighted by atomic mass is 10.2. The molecule has 0 spiro atoms. The van der Waals surface area contributed by atoms with Gasteiger partial charge in [-0.25, -0.2) is 4.39 Å². The van der Waals surface area contributed by atoms with E-state index in [1.165, 1.54) is 12.1 Å². The van der Waals surface area contributed by atoms with Gasteiger partial charge in [0, 0.05) is 10.7 Å². The summed E-state index contributed by atoms with van der Waals surface area (Å²) in [7, 11) is 0. The van der Waals surface area contributed by atoms with Crippen molar-refractivity contribution in [2.24, 2.45) is 0 Å². The van der Waals surface area contributed by atoms with E-state index >= 15 is 0 Å². The van der Waals surface area contributed by atoms with Crippen molar-refractivity contribution in [2.75, 3.05) is 0 Å². The van der Waals surface area contributed by atoms with E-state index in [9.17, 15) is 4.39 Å². The fourth-order valence-electron chi connectivity index (χ4n) is 1.41. The van der Waals surface area contributed by atoms with E-state index in [4.69, 9.17) is 4.74 Å². The zero-order valence-electron chi connectivity index (χ0n) is 9.23. The molecule has 0 saturated heterocycles. The second-order valence-electron chi connectivity index (χ2n) is 3.62. The SMILES string of the molecule is CC(Oc1ccc(F)cc1)c1ccc(Br)cn1. The van der Waals surface area contributed by atoms with Crippen LogP contribution in [-0.2, 0) is 0 Å². The molecule has 0 aliphatic rings. The first-order valence-electron chi connectivity index (χ1n) is 5.19. The molecule has 0 aliphatic heterocycles. The Hall–Kier alpha value is -1.42. The summed E-state index contributed by atoms with van der Waals surface area (Å²) in [6, 6.07) is 9.74. The Morgan fingerprint density at radius 1 is 1.18 bits per heavy atom. The van der Waals surface area contributed by atoms with Gasteiger partial charge >= 0.3 is 0 Å². The van der Waals surface area contributed by atoms with Crippen molar-refractivity contribution in [3.8, 4) is 5.75 Å². The minimum absolute atomic E-state index is 0.173. The second kappa shape index (κ2) is 5.27. The molecule has 4 heteroatoms. The molecule has 0 N–H and O–H groups in total. The van der Waals surface area contributed by atoms with E-state index in [0.29, 0.717) is 5.75 Å². The third kappa shape index (κ3) is 3.27. The number of halogens is 2. The molecular weight excluding hydrogens is 285 g/mol. The van der Waals surface area contributed by atoms with Gasteiger partial charge in [0.25, 0.3) is 0 Å².